The van der Waals surface area contributed by atoms with E-state index in [1.54, 1.807) is 0 Å². The van der Waals surface area contributed by atoms with Crippen LogP contribution in [0.4, 0.5) is 17.1 Å². The Morgan fingerprint density at radius 2 is 1.60 bits per heavy atom. The molecule has 0 saturated carbocycles. The van der Waals surface area contributed by atoms with Gasteiger partial charge in [0.1, 0.15) is 0 Å². The summed E-state index contributed by atoms with van der Waals surface area (Å²) in [4.78, 5) is 4.82. The van der Waals surface area contributed by atoms with Crippen molar-refractivity contribution in [3.63, 3.8) is 0 Å². The van der Waals surface area contributed by atoms with E-state index in [-0.39, 0.29) is 12.4 Å². The maximum Gasteiger partial charge on any atom is 0.0733 e. The van der Waals surface area contributed by atoms with Crippen LogP contribution in [-0.4, -0.2) is 4.98 Å². The average Bonchev–Trinajstić information content (AvgIpc) is 2.58. The number of nitrogens with two attached hydrogens (primary N) is 1. The number of anilines is 3. The Bertz CT molecular complexity index is 1070. The van der Waals surface area contributed by atoms with E-state index in [1.165, 1.54) is 10.9 Å². The molecule has 0 amide bonds. The molecule has 1 aromatic heterocycles. The number of aryl methyl sites for hydroxylation is 2. The van der Waals surface area contributed by atoms with E-state index in [0.717, 1.165) is 39.0 Å². The van der Waals surface area contributed by atoms with Gasteiger partial charge in [-0.05, 0) is 55.3 Å². The third-order valence-electron chi connectivity index (χ3n) is 4.50. The minimum Gasteiger partial charge on any atom is -0.399 e. The van der Waals surface area contributed by atoms with Gasteiger partial charge in [0.25, 0.3) is 0 Å². The molecule has 0 unspecified atom stereocenters. The average molecular weight is 350 g/mol. The SMILES string of the molecule is Cc1ccc(N)cc1Nc1cccc2nc3ccccc3c(C)c12.Cl. The smallest absolute Gasteiger partial charge is 0.0733 e. The van der Waals surface area contributed by atoms with Crippen LogP contribution in [0.1, 0.15) is 11.1 Å². The number of fused-ring (bicyclic) bond motifs is 2. The van der Waals surface area contributed by atoms with Crippen LogP contribution >= 0.6 is 12.4 Å². The van der Waals surface area contributed by atoms with Gasteiger partial charge in [-0.3, -0.25) is 0 Å². The molecule has 0 fully saturated rings. The first-order valence-corrected chi connectivity index (χ1v) is 8.05. The lowest BCUT2D eigenvalue weighted by atomic mass is 10.0. The minimum atomic E-state index is 0. The van der Waals surface area contributed by atoms with Gasteiger partial charge in [0.15, 0.2) is 0 Å². The number of hydrogen-bond donors (Lipinski definition) is 2. The molecular formula is C21H20ClN3. The van der Waals surface area contributed by atoms with E-state index in [2.05, 4.69) is 49.5 Å². The fourth-order valence-corrected chi connectivity index (χ4v) is 3.20. The fraction of sp³-hybridized carbons (Fsp3) is 0.0952. The highest BCUT2D eigenvalue weighted by Gasteiger charge is 2.10. The predicted octanol–water partition coefficient (Wildman–Crippen LogP) is 5.75. The van der Waals surface area contributed by atoms with Gasteiger partial charge in [-0.25, -0.2) is 4.98 Å². The van der Waals surface area contributed by atoms with Gasteiger partial charge in [-0.2, -0.15) is 0 Å². The first-order valence-electron chi connectivity index (χ1n) is 8.05. The predicted molar refractivity (Wildman–Crippen MR) is 110 cm³/mol. The molecule has 0 atom stereocenters. The Morgan fingerprint density at radius 3 is 2.44 bits per heavy atom. The fourth-order valence-electron chi connectivity index (χ4n) is 3.20. The second kappa shape index (κ2) is 6.61. The van der Waals surface area contributed by atoms with Crippen molar-refractivity contribution in [2.45, 2.75) is 13.8 Å². The molecule has 3 N–H and O–H groups in total. The summed E-state index contributed by atoms with van der Waals surface area (Å²) in [7, 11) is 0. The summed E-state index contributed by atoms with van der Waals surface area (Å²) >= 11 is 0. The summed E-state index contributed by atoms with van der Waals surface area (Å²) < 4.78 is 0. The summed E-state index contributed by atoms with van der Waals surface area (Å²) in [5.41, 5.74) is 13.2. The molecule has 4 rings (SSSR count). The number of halogens is 1. The van der Waals surface area contributed by atoms with E-state index in [0.29, 0.717) is 0 Å². The van der Waals surface area contributed by atoms with Crippen LogP contribution in [0.25, 0.3) is 21.8 Å². The molecule has 3 aromatic carbocycles. The summed E-state index contributed by atoms with van der Waals surface area (Å²) in [6.07, 6.45) is 0. The lowest BCUT2D eigenvalue weighted by molar-refractivity contribution is 1.42. The molecule has 1 heterocycles. The van der Waals surface area contributed by atoms with Crippen LogP contribution in [0.5, 0.6) is 0 Å². The number of benzene rings is 3. The molecular weight excluding hydrogens is 330 g/mol. The van der Waals surface area contributed by atoms with Gasteiger partial charge < -0.3 is 11.1 Å². The molecule has 126 valence electrons. The third kappa shape index (κ3) is 2.99. The molecule has 25 heavy (non-hydrogen) atoms. The topological polar surface area (TPSA) is 50.9 Å². The number of pyridine rings is 1. The third-order valence-corrected chi connectivity index (χ3v) is 4.50. The van der Waals surface area contributed by atoms with E-state index in [1.807, 2.05) is 30.3 Å². The number of hydrogen-bond acceptors (Lipinski definition) is 3. The van der Waals surface area contributed by atoms with Crippen molar-refractivity contribution in [3.8, 4) is 0 Å². The maximum absolute atomic E-state index is 5.95. The number of aromatic nitrogens is 1. The van der Waals surface area contributed by atoms with Crippen LogP contribution in [0.3, 0.4) is 0 Å². The number of para-hydroxylation sites is 1. The Labute approximate surface area is 153 Å². The number of nitrogens with zero attached hydrogens (tertiary/aromatic N) is 1. The molecule has 4 aromatic rings. The van der Waals surface area contributed by atoms with Crippen molar-refractivity contribution >= 4 is 51.3 Å². The zero-order valence-corrected chi connectivity index (χ0v) is 15.0. The maximum atomic E-state index is 5.95. The van der Waals surface area contributed by atoms with Gasteiger partial charge >= 0.3 is 0 Å². The van der Waals surface area contributed by atoms with Crippen molar-refractivity contribution < 1.29 is 0 Å². The second-order valence-electron chi connectivity index (χ2n) is 6.15. The summed E-state index contributed by atoms with van der Waals surface area (Å²) in [6, 6.07) is 20.4. The highest BCUT2D eigenvalue weighted by molar-refractivity contribution is 6.04. The van der Waals surface area contributed by atoms with Gasteiger partial charge in [0.05, 0.1) is 11.0 Å². The van der Waals surface area contributed by atoms with Crippen molar-refractivity contribution in [1.29, 1.82) is 0 Å². The molecule has 0 aliphatic carbocycles. The van der Waals surface area contributed by atoms with Crippen molar-refractivity contribution in [2.75, 3.05) is 11.1 Å². The molecule has 0 bridgehead atoms. The molecule has 0 radical (unpaired) electrons. The molecule has 0 spiro atoms. The van der Waals surface area contributed by atoms with Crippen LogP contribution in [-0.2, 0) is 0 Å². The minimum absolute atomic E-state index is 0. The number of nitrogens with one attached hydrogen (secondary N) is 1. The summed E-state index contributed by atoms with van der Waals surface area (Å²) in [5, 5.41) is 5.88. The summed E-state index contributed by atoms with van der Waals surface area (Å²) in [5.74, 6) is 0. The quantitative estimate of drug-likeness (QED) is 0.357. The van der Waals surface area contributed by atoms with Crippen molar-refractivity contribution in [2.24, 2.45) is 0 Å². The van der Waals surface area contributed by atoms with Gasteiger partial charge in [-0.15, -0.1) is 12.4 Å². The standard InChI is InChI=1S/C21H19N3.ClH/c1-13-10-11-15(22)12-20(13)24-19-9-5-8-18-21(19)14(2)16-6-3-4-7-17(16)23-18;/h3-12,24H,22H2,1-2H3;1H. The van der Waals surface area contributed by atoms with E-state index < -0.39 is 0 Å². The first kappa shape index (κ1) is 17.1. The van der Waals surface area contributed by atoms with E-state index >= 15 is 0 Å². The van der Waals surface area contributed by atoms with Crippen molar-refractivity contribution in [1.82, 2.24) is 4.98 Å². The lowest BCUT2D eigenvalue weighted by Crippen LogP contribution is -1.98. The highest BCUT2D eigenvalue weighted by atomic mass is 35.5. The van der Waals surface area contributed by atoms with Gasteiger partial charge in [0.2, 0.25) is 0 Å². The Hall–Kier alpha value is -2.78. The molecule has 3 nitrogen and oxygen atoms in total. The monoisotopic (exact) mass is 349 g/mol. The molecule has 4 heteroatoms. The number of rotatable bonds is 2. The Morgan fingerprint density at radius 1 is 0.840 bits per heavy atom. The largest absolute Gasteiger partial charge is 0.399 e. The van der Waals surface area contributed by atoms with E-state index in [9.17, 15) is 0 Å². The molecule has 0 aliphatic heterocycles. The molecule has 0 aliphatic rings. The zero-order valence-electron chi connectivity index (χ0n) is 14.2. The van der Waals surface area contributed by atoms with Crippen LogP contribution in [0.2, 0.25) is 0 Å². The lowest BCUT2D eigenvalue weighted by Gasteiger charge is -2.15. The first-order chi connectivity index (χ1) is 11.6. The number of nitrogen functional groups attached to an aromatic ring is 1. The Balaban J connectivity index is 0.00000182. The second-order valence-corrected chi connectivity index (χ2v) is 6.15. The Kier molecular flexibility index (Phi) is 4.51. The van der Waals surface area contributed by atoms with Crippen LogP contribution in [0.15, 0.2) is 60.7 Å². The zero-order chi connectivity index (χ0) is 16.7. The summed E-state index contributed by atoms with van der Waals surface area (Å²) in [6.45, 7) is 4.23. The molecule has 0 saturated heterocycles. The van der Waals surface area contributed by atoms with Crippen LogP contribution in [0, 0.1) is 13.8 Å². The normalized spacial score (nSPS) is 10.6. The van der Waals surface area contributed by atoms with Gasteiger partial charge in [-0.1, -0.05) is 30.3 Å². The van der Waals surface area contributed by atoms with E-state index in [4.69, 9.17) is 10.7 Å². The van der Waals surface area contributed by atoms with Gasteiger partial charge in [0, 0.05) is 27.8 Å². The highest BCUT2D eigenvalue weighted by Crippen LogP contribution is 2.33. The van der Waals surface area contributed by atoms with Crippen molar-refractivity contribution in [3.05, 3.63) is 71.8 Å². The van der Waals surface area contributed by atoms with Crippen LogP contribution < -0.4 is 11.1 Å².